The molecule has 0 saturated heterocycles. The SMILES string of the molecule is CCCC/C(=C\c1cc(-c2ccccc2)o[c](=[W])c1)c1ccccc1. The molecule has 0 radical (unpaired) electrons. The average molecular weight is 498 g/mol. The molecule has 126 valence electrons. The molecule has 0 fully saturated rings. The molecule has 3 rings (SSSR count). The van der Waals surface area contributed by atoms with Gasteiger partial charge in [-0.05, 0) is 0 Å². The average Bonchev–Trinajstić information content (AvgIpc) is 2.66. The van der Waals surface area contributed by atoms with E-state index in [0.717, 1.165) is 21.5 Å². The van der Waals surface area contributed by atoms with Crippen molar-refractivity contribution in [3.8, 4) is 11.3 Å². The zero-order valence-electron chi connectivity index (χ0n) is 14.4. The molecule has 0 saturated carbocycles. The van der Waals surface area contributed by atoms with Crippen molar-refractivity contribution in [2.45, 2.75) is 26.2 Å². The van der Waals surface area contributed by atoms with E-state index < -0.39 is 0 Å². The van der Waals surface area contributed by atoms with Gasteiger partial charge in [-0.1, -0.05) is 0 Å². The summed E-state index contributed by atoms with van der Waals surface area (Å²) >= 11 is 1.34. The fraction of sp³-hybridized carbons (Fsp3) is 0.174. The van der Waals surface area contributed by atoms with Crippen LogP contribution in [0.3, 0.4) is 0 Å². The van der Waals surface area contributed by atoms with Gasteiger partial charge in [0, 0.05) is 0 Å². The third-order valence-corrected chi connectivity index (χ3v) is 4.86. The summed E-state index contributed by atoms with van der Waals surface area (Å²) in [6, 6.07) is 25.3. The fourth-order valence-corrected chi connectivity index (χ4v) is 3.66. The molecule has 0 bridgehead atoms. The maximum atomic E-state index is 5.98. The summed E-state index contributed by atoms with van der Waals surface area (Å²) in [5.41, 5.74) is 5.03. The van der Waals surface area contributed by atoms with Gasteiger partial charge in [-0.2, -0.15) is 0 Å². The first kappa shape index (κ1) is 17.8. The van der Waals surface area contributed by atoms with E-state index in [1.165, 1.54) is 48.9 Å². The molecular weight excluding hydrogens is 476 g/mol. The van der Waals surface area contributed by atoms with Gasteiger partial charge in [0.25, 0.3) is 0 Å². The molecule has 3 aromatic rings. The topological polar surface area (TPSA) is 13.1 Å². The molecule has 1 nitrogen and oxygen atoms in total. The van der Waals surface area contributed by atoms with E-state index >= 15 is 0 Å². The number of allylic oxidation sites excluding steroid dienone is 1. The Hall–Kier alpha value is -1.98. The fourth-order valence-electron chi connectivity index (χ4n) is 2.84. The van der Waals surface area contributed by atoms with Gasteiger partial charge in [0.2, 0.25) is 0 Å². The molecule has 0 aliphatic heterocycles. The van der Waals surface area contributed by atoms with Crippen LogP contribution in [0.25, 0.3) is 23.0 Å². The molecule has 2 aromatic carbocycles. The van der Waals surface area contributed by atoms with E-state index in [1.54, 1.807) is 0 Å². The van der Waals surface area contributed by atoms with Crippen LogP contribution in [0.5, 0.6) is 0 Å². The number of hydrogen-bond donors (Lipinski definition) is 0. The monoisotopic (exact) mass is 498 g/mol. The van der Waals surface area contributed by atoms with Gasteiger partial charge in [0.1, 0.15) is 0 Å². The van der Waals surface area contributed by atoms with Gasteiger partial charge >= 0.3 is 161 Å². The molecule has 1 heterocycles. The molecule has 0 amide bonds. The number of hydrogen-bond acceptors (Lipinski definition) is 1. The minimum atomic E-state index is 0.933. The molecule has 0 unspecified atom stereocenters. The van der Waals surface area contributed by atoms with Crippen LogP contribution >= 0.6 is 0 Å². The van der Waals surface area contributed by atoms with Crippen LogP contribution in [0, 0.1) is 3.74 Å². The van der Waals surface area contributed by atoms with Gasteiger partial charge in [0.15, 0.2) is 0 Å². The Morgan fingerprint density at radius 2 is 1.64 bits per heavy atom. The number of unbranched alkanes of at least 4 members (excludes halogenated alkanes) is 1. The third kappa shape index (κ3) is 5.00. The number of benzene rings is 2. The first-order valence-electron chi connectivity index (χ1n) is 8.73. The first-order chi connectivity index (χ1) is 12.3. The van der Waals surface area contributed by atoms with Crippen molar-refractivity contribution in [1.82, 2.24) is 0 Å². The van der Waals surface area contributed by atoms with Crippen molar-refractivity contribution < 1.29 is 23.8 Å². The van der Waals surface area contributed by atoms with E-state index in [1.807, 2.05) is 18.2 Å². The summed E-state index contributed by atoms with van der Waals surface area (Å²) < 4.78 is 6.99. The molecule has 0 aliphatic carbocycles. The van der Waals surface area contributed by atoms with Crippen LogP contribution < -0.4 is 0 Å². The second-order valence-electron chi connectivity index (χ2n) is 6.08. The summed E-state index contributed by atoms with van der Waals surface area (Å²) in [6.45, 7) is 2.24. The molecule has 1 aromatic heterocycles. The van der Waals surface area contributed by atoms with Gasteiger partial charge in [-0.3, -0.25) is 0 Å². The van der Waals surface area contributed by atoms with Crippen molar-refractivity contribution in [2.24, 2.45) is 0 Å². The van der Waals surface area contributed by atoms with Crippen LogP contribution in [-0.4, -0.2) is 0 Å². The quantitative estimate of drug-likeness (QED) is 0.366. The standard InChI is InChI=1S/C23H22O.W/c1-2-3-10-22(20-11-6-4-7-12-20)17-19-15-16-24-23(18-19)21-13-8-5-9-14-21;/h4-9,11-15,17-18H,2-3,10H2,1H3;/b22-17+;. The third-order valence-electron chi connectivity index (χ3n) is 4.14. The minimum absolute atomic E-state index is 0.933. The van der Waals surface area contributed by atoms with Gasteiger partial charge < -0.3 is 0 Å². The normalized spacial score (nSPS) is 11.5. The molecule has 0 atom stereocenters. The van der Waals surface area contributed by atoms with Crippen LogP contribution in [-0.2, 0) is 19.4 Å². The predicted octanol–water partition coefficient (Wildman–Crippen LogP) is 6.76. The summed E-state index contributed by atoms with van der Waals surface area (Å²) in [7, 11) is 0. The van der Waals surface area contributed by atoms with Crippen molar-refractivity contribution in [1.29, 1.82) is 0 Å². The van der Waals surface area contributed by atoms with Gasteiger partial charge in [-0.15, -0.1) is 0 Å². The van der Waals surface area contributed by atoms with Crippen LogP contribution in [0.4, 0.5) is 0 Å². The summed E-state index contributed by atoms with van der Waals surface area (Å²) in [6.07, 6.45) is 5.82. The van der Waals surface area contributed by atoms with Gasteiger partial charge in [0.05, 0.1) is 0 Å². The molecule has 0 N–H and O–H groups in total. The Balaban J connectivity index is 2.02. The van der Waals surface area contributed by atoms with Crippen molar-refractivity contribution in [2.75, 3.05) is 0 Å². The Morgan fingerprint density at radius 1 is 0.960 bits per heavy atom. The molecule has 2 heteroatoms. The van der Waals surface area contributed by atoms with E-state index in [0.29, 0.717) is 0 Å². The van der Waals surface area contributed by atoms with E-state index in [4.69, 9.17) is 4.42 Å². The molecule has 0 spiro atoms. The molecule has 0 aliphatic rings. The predicted molar refractivity (Wildman–Crippen MR) is 101 cm³/mol. The van der Waals surface area contributed by atoms with Crippen LogP contribution in [0.15, 0.2) is 77.2 Å². The summed E-state index contributed by atoms with van der Waals surface area (Å²) in [5, 5.41) is 0. The Labute approximate surface area is 160 Å². The van der Waals surface area contributed by atoms with E-state index in [2.05, 4.69) is 67.6 Å². The zero-order valence-corrected chi connectivity index (χ0v) is 17.4. The number of rotatable bonds is 6. The van der Waals surface area contributed by atoms with Crippen molar-refractivity contribution in [3.63, 3.8) is 0 Å². The van der Waals surface area contributed by atoms with Gasteiger partial charge in [-0.25, -0.2) is 0 Å². The molecule has 25 heavy (non-hydrogen) atoms. The second kappa shape index (κ2) is 8.92. The Kier molecular flexibility index (Phi) is 6.36. The summed E-state index contributed by atoms with van der Waals surface area (Å²) in [4.78, 5) is 0. The maximum absolute atomic E-state index is 5.98. The first-order valence-corrected chi connectivity index (χ1v) is 10.2. The second-order valence-corrected chi connectivity index (χ2v) is 7.52. The van der Waals surface area contributed by atoms with E-state index in [9.17, 15) is 0 Å². The van der Waals surface area contributed by atoms with E-state index in [-0.39, 0.29) is 0 Å². The van der Waals surface area contributed by atoms with Crippen molar-refractivity contribution in [3.05, 3.63) is 87.7 Å². The molecular formula is C23H22OW. The van der Waals surface area contributed by atoms with Crippen molar-refractivity contribution >= 4 is 11.6 Å². The zero-order chi connectivity index (χ0) is 17.5. The summed E-state index contributed by atoms with van der Waals surface area (Å²) in [5.74, 6) is 0.933. The Morgan fingerprint density at radius 3 is 2.32 bits per heavy atom. The van der Waals surface area contributed by atoms with Crippen LogP contribution in [0.1, 0.15) is 37.3 Å². The Bertz CT molecular complexity index is 892. The van der Waals surface area contributed by atoms with Crippen LogP contribution in [0.2, 0.25) is 0 Å².